The number of rotatable bonds is 5. The van der Waals surface area contributed by atoms with Gasteiger partial charge in [-0.25, -0.2) is 17.5 Å². The van der Waals surface area contributed by atoms with E-state index in [0.29, 0.717) is 11.0 Å². The number of fused-ring (bicyclic) bond motifs is 1. The molecule has 2 aromatic rings. The van der Waals surface area contributed by atoms with Crippen LogP contribution in [-0.2, 0) is 33.7 Å². The highest BCUT2D eigenvalue weighted by atomic mass is 32.2. The maximum atomic E-state index is 12.7. The van der Waals surface area contributed by atoms with Gasteiger partial charge in [0.2, 0.25) is 10.0 Å². The van der Waals surface area contributed by atoms with Gasteiger partial charge in [-0.15, -0.1) is 0 Å². The summed E-state index contributed by atoms with van der Waals surface area (Å²) in [4.78, 5) is 23.5. The lowest BCUT2D eigenvalue weighted by molar-refractivity contribution is -0.144. The average Bonchev–Trinajstić information content (AvgIpc) is 2.78. The van der Waals surface area contributed by atoms with Gasteiger partial charge in [0.15, 0.2) is 0 Å². The van der Waals surface area contributed by atoms with Gasteiger partial charge in [0, 0.05) is 27.7 Å². The van der Waals surface area contributed by atoms with Gasteiger partial charge in [0.05, 0.1) is 29.0 Å². The van der Waals surface area contributed by atoms with E-state index >= 15 is 0 Å². The third-order valence-corrected chi connectivity index (χ3v) is 5.91. The van der Waals surface area contributed by atoms with E-state index in [2.05, 4.69) is 4.74 Å². The highest BCUT2D eigenvalue weighted by Crippen LogP contribution is 2.21. The van der Waals surface area contributed by atoms with Crippen molar-refractivity contribution < 1.29 is 17.9 Å². The number of hydrogen-bond donors (Lipinski definition) is 0. The van der Waals surface area contributed by atoms with Crippen LogP contribution in [0.2, 0.25) is 0 Å². The first-order valence-corrected chi connectivity index (χ1v) is 8.75. The minimum atomic E-state index is -3.79. The molecule has 24 heavy (non-hydrogen) atoms. The molecule has 2 rings (SSSR count). The maximum absolute atomic E-state index is 12.7. The lowest BCUT2D eigenvalue weighted by Gasteiger charge is -2.20. The Balaban J connectivity index is 2.42. The number of carbonyl (C=O) groups is 1. The summed E-state index contributed by atoms with van der Waals surface area (Å²) in [5.74, 6) is -1.06. The Morgan fingerprint density at radius 1 is 1.25 bits per heavy atom. The molecule has 0 N–H and O–H groups in total. The van der Waals surface area contributed by atoms with Crippen LogP contribution in [0.15, 0.2) is 27.9 Å². The van der Waals surface area contributed by atoms with Crippen molar-refractivity contribution in [3.05, 3.63) is 28.7 Å². The Morgan fingerprint density at radius 3 is 2.42 bits per heavy atom. The second-order valence-corrected chi connectivity index (χ2v) is 7.81. The first-order chi connectivity index (χ1) is 11.1. The minimum Gasteiger partial charge on any atom is -0.469 e. The third-order valence-electron chi connectivity index (χ3n) is 4.09. The fourth-order valence-electron chi connectivity index (χ4n) is 2.59. The van der Waals surface area contributed by atoms with Crippen molar-refractivity contribution >= 4 is 27.0 Å². The molecule has 1 aromatic heterocycles. The molecule has 0 aliphatic rings. The molecule has 0 aliphatic heterocycles. The second kappa shape index (κ2) is 6.40. The van der Waals surface area contributed by atoms with Gasteiger partial charge in [-0.2, -0.15) is 0 Å². The molecule has 0 bridgehead atoms. The van der Waals surface area contributed by atoms with E-state index in [4.69, 9.17) is 0 Å². The summed E-state index contributed by atoms with van der Waals surface area (Å²) < 4.78 is 34.0. The number of aryl methyl sites for hydroxylation is 2. The molecule has 0 saturated carbocycles. The number of sulfonamides is 1. The summed E-state index contributed by atoms with van der Waals surface area (Å²) in [5, 5.41) is 0. The van der Waals surface area contributed by atoms with Gasteiger partial charge in [-0.3, -0.25) is 13.9 Å². The molecule has 1 aromatic carbocycles. The van der Waals surface area contributed by atoms with Crippen molar-refractivity contribution in [3.63, 3.8) is 0 Å². The Morgan fingerprint density at radius 2 is 1.83 bits per heavy atom. The number of carbonyl (C=O) groups excluding carboxylic acids is 1. The molecule has 0 radical (unpaired) electrons. The lowest BCUT2D eigenvalue weighted by Crippen LogP contribution is -2.34. The first kappa shape index (κ1) is 18.2. The summed E-state index contributed by atoms with van der Waals surface area (Å²) in [6.07, 6.45) is 0. The number of methoxy groups -OCH3 is 1. The van der Waals surface area contributed by atoms with E-state index in [9.17, 15) is 18.0 Å². The summed E-state index contributed by atoms with van der Waals surface area (Å²) in [5.41, 5.74) is 0.942. The van der Waals surface area contributed by atoms with Crippen molar-refractivity contribution in [2.24, 2.45) is 20.0 Å². The van der Waals surface area contributed by atoms with Crippen LogP contribution < -0.4 is 5.69 Å². The molecule has 0 aliphatic carbocycles. The van der Waals surface area contributed by atoms with E-state index in [1.54, 1.807) is 27.1 Å². The molecule has 8 nitrogen and oxygen atoms in total. The second-order valence-electron chi connectivity index (χ2n) is 5.76. The first-order valence-electron chi connectivity index (χ1n) is 7.31. The normalized spacial score (nSPS) is 13.4. The van der Waals surface area contributed by atoms with Crippen LogP contribution in [0.5, 0.6) is 0 Å². The summed E-state index contributed by atoms with van der Waals surface area (Å²) in [6, 6.07) is 4.52. The predicted octanol–water partition coefficient (Wildman–Crippen LogP) is 0.307. The molecular weight excluding hydrogens is 334 g/mol. The van der Waals surface area contributed by atoms with Gasteiger partial charge >= 0.3 is 11.7 Å². The van der Waals surface area contributed by atoms with Crippen LogP contribution in [0.3, 0.4) is 0 Å². The zero-order valence-electron chi connectivity index (χ0n) is 14.3. The lowest BCUT2D eigenvalue weighted by atomic mass is 10.2. The van der Waals surface area contributed by atoms with Crippen LogP contribution in [0.4, 0.5) is 0 Å². The third kappa shape index (κ3) is 2.96. The van der Waals surface area contributed by atoms with Gasteiger partial charge < -0.3 is 4.74 Å². The molecule has 1 unspecified atom stereocenters. The summed E-state index contributed by atoms with van der Waals surface area (Å²) >= 11 is 0. The number of imidazole rings is 1. The fraction of sp³-hybridized carbons (Fsp3) is 0.467. The molecule has 0 spiro atoms. The number of aromatic nitrogens is 2. The van der Waals surface area contributed by atoms with Crippen LogP contribution in [0.25, 0.3) is 11.0 Å². The molecule has 0 fully saturated rings. The van der Waals surface area contributed by atoms with Gasteiger partial charge in [-0.1, -0.05) is 6.92 Å². The van der Waals surface area contributed by atoms with E-state index in [-0.39, 0.29) is 17.1 Å². The SMILES string of the molecule is COC(=O)C(C)CN(C)S(=O)(=O)c1ccc2c(c1)n(C)c(=O)n2C. The Kier molecular flexibility index (Phi) is 4.86. The Hall–Kier alpha value is -2.13. The topological polar surface area (TPSA) is 90.6 Å². The number of hydrogen-bond acceptors (Lipinski definition) is 5. The zero-order chi connectivity index (χ0) is 18.2. The van der Waals surface area contributed by atoms with E-state index < -0.39 is 21.9 Å². The highest BCUT2D eigenvalue weighted by Gasteiger charge is 2.26. The minimum absolute atomic E-state index is 0.000758. The van der Waals surface area contributed by atoms with Crippen LogP contribution in [0.1, 0.15) is 6.92 Å². The van der Waals surface area contributed by atoms with Crippen molar-refractivity contribution in [1.29, 1.82) is 0 Å². The number of nitrogens with zero attached hydrogens (tertiary/aromatic N) is 3. The van der Waals surface area contributed by atoms with E-state index in [0.717, 1.165) is 4.31 Å². The van der Waals surface area contributed by atoms with Crippen molar-refractivity contribution in [1.82, 2.24) is 13.4 Å². The zero-order valence-corrected chi connectivity index (χ0v) is 15.1. The van der Waals surface area contributed by atoms with Gasteiger partial charge in [0.1, 0.15) is 0 Å². The average molecular weight is 355 g/mol. The van der Waals surface area contributed by atoms with Crippen LogP contribution in [0, 0.1) is 5.92 Å². The van der Waals surface area contributed by atoms with E-state index in [1.165, 1.54) is 35.4 Å². The number of esters is 1. The van der Waals surface area contributed by atoms with Gasteiger partial charge in [0.25, 0.3) is 0 Å². The Labute approximate surface area is 140 Å². The van der Waals surface area contributed by atoms with Crippen LogP contribution in [-0.4, -0.2) is 48.5 Å². The number of benzene rings is 1. The standard InChI is InChI=1S/C15H21N3O5S/c1-10(14(19)23-5)9-16(2)24(21,22)11-6-7-12-13(8-11)18(4)15(20)17(12)3/h6-8,10H,9H2,1-5H3. The maximum Gasteiger partial charge on any atom is 0.328 e. The molecule has 9 heteroatoms. The summed E-state index contributed by atoms with van der Waals surface area (Å²) in [7, 11) is 2.10. The molecule has 132 valence electrons. The monoisotopic (exact) mass is 355 g/mol. The Bertz CT molecular complexity index is 942. The van der Waals surface area contributed by atoms with Crippen molar-refractivity contribution in [3.8, 4) is 0 Å². The van der Waals surface area contributed by atoms with Gasteiger partial charge in [-0.05, 0) is 18.2 Å². The quantitative estimate of drug-likeness (QED) is 0.720. The predicted molar refractivity (Wildman–Crippen MR) is 89.2 cm³/mol. The molecule has 1 atom stereocenters. The fourth-order valence-corrected chi connectivity index (χ4v) is 3.87. The van der Waals surface area contributed by atoms with E-state index in [1.807, 2.05) is 0 Å². The molecular formula is C15H21N3O5S. The molecule has 0 saturated heterocycles. The highest BCUT2D eigenvalue weighted by molar-refractivity contribution is 7.89. The van der Waals surface area contributed by atoms with Crippen molar-refractivity contribution in [2.75, 3.05) is 20.7 Å². The summed E-state index contributed by atoms with van der Waals surface area (Å²) in [6.45, 7) is 1.60. The molecule has 0 amide bonds. The number of ether oxygens (including phenoxy) is 1. The molecule has 1 heterocycles. The van der Waals surface area contributed by atoms with Crippen LogP contribution >= 0.6 is 0 Å². The largest absolute Gasteiger partial charge is 0.469 e. The van der Waals surface area contributed by atoms with Crippen molar-refractivity contribution in [2.45, 2.75) is 11.8 Å². The smallest absolute Gasteiger partial charge is 0.328 e.